The molecule has 0 bridgehead atoms. The van der Waals surface area contributed by atoms with Crippen LogP contribution >= 0.6 is 0 Å². The minimum Gasteiger partial charge on any atom is -0.457 e. The van der Waals surface area contributed by atoms with E-state index in [1.807, 2.05) is 12.1 Å². The quantitative estimate of drug-likeness (QED) is 0.459. The molecule has 19 heavy (non-hydrogen) atoms. The van der Waals surface area contributed by atoms with Gasteiger partial charge in [0.05, 0.1) is 0 Å². The Bertz CT molecular complexity index is 416. The molecule has 0 aliphatic heterocycles. The fraction of sp³-hybridized carbons (Fsp3) is 0.438. The zero-order chi connectivity index (χ0) is 13.5. The Morgan fingerprint density at radius 3 is 2.53 bits per heavy atom. The van der Waals surface area contributed by atoms with Crippen molar-refractivity contribution in [1.82, 2.24) is 0 Å². The van der Waals surface area contributed by atoms with Crippen molar-refractivity contribution >= 4 is 5.97 Å². The minimum atomic E-state index is -0.473. The molecule has 0 saturated heterocycles. The van der Waals surface area contributed by atoms with Crippen molar-refractivity contribution in [3.63, 3.8) is 0 Å². The Kier molecular flexibility index (Phi) is 5.01. The lowest BCUT2D eigenvalue weighted by molar-refractivity contribution is -0.144. The molecule has 1 aromatic carbocycles. The fourth-order valence-electron chi connectivity index (χ4n) is 2.49. The third kappa shape index (κ3) is 4.12. The van der Waals surface area contributed by atoms with Gasteiger partial charge < -0.3 is 9.47 Å². The number of ether oxygens (including phenoxy) is 2. The van der Waals surface area contributed by atoms with Crippen molar-refractivity contribution in [1.29, 1.82) is 0 Å². The van der Waals surface area contributed by atoms with Gasteiger partial charge in [0.2, 0.25) is 6.79 Å². The van der Waals surface area contributed by atoms with Gasteiger partial charge in [-0.15, -0.1) is 0 Å². The maximum absolute atomic E-state index is 10.8. The van der Waals surface area contributed by atoms with E-state index in [1.165, 1.54) is 37.7 Å². The second kappa shape index (κ2) is 6.98. The average Bonchev–Trinajstić information content (AvgIpc) is 2.48. The molecule has 1 saturated carbocycles. The van der Waals surface area contributed by atoms with Gasteiger partial charge in [0.15, 0.2) is 0 Å². The minimum absolute atomic E-state index is 0.0758. The van der Waals surface area contributed by atoms with Crippen molar-refractivity contribution in [2.45, 2.75) is 38.0 Å². The van der Waals surface area contributed by atoms with E-state index >= 15 is 0 Å². The number of hydrogen-bond acceptors (Lipinski definition) is 3. The highest BCUT2D eigenvalue weighted by atomic mass is 16.7. The number of carbonyl (C=O) groups excluding carboxylic acids is 1. The van der Waals surface area contributed by atoms with Crippen LogP contribution in [0.4, 0.5) is 0 Å². The Hall–Kier alpha value is -1.77. The van der Waals surface area contributed by atoms with Crippen LogP contribution in [0.3, 0.4) is 0 Å². The van der Waals surface area contributed by atoms with E-state index in [9.17, 15) is 4.79 Å². The van der Waals surface area contributed by atoms with Crippen molar-refractivity contribution < 1.29 is 14.3 Å². The van der Waals surface area contributed by atoms with Crippen molar-refractivity contribution in [3.05, 3.63) is 42.5 Å². The summed E-state index contributed by atoms with van der Waals surface area (Å²) in [7, 11) is 0. The lowest BCUT2D eigenvalue weighted by Crippen LogP contribution is -2.08. The predicted molar refractivity (Wildman–Crippen MR) is 74.1 cm³/mol. The van der Waals surface area contributed by atoms with Gasteiger partial charge in [-0.05, 0) is 36.5 Å². The molecule has 1 aromatic rings. The highest BCUT2D eigenvalue weighted by Gasteiger charge is 2.15. The summed E-state index contributed by atoms with van der Waals surface area (Å²) in [4.78, 5) is 10.8. The monoisotopic (exact) mass is 260 g/mol. The van der Waals surface area contributed by atoms with Crippen LogP contribution < -0.4 is 4.74 Å². The maximum Gasteiger partial charge on any atom is 0.333 e. The molecule has 3 nitrogen and oxygen atoms in total. The molecule has 0 aromatic heterocycles. The van der Waals surface area contributed by atoms with Crippen molar-refractivity contribution in [3.8, 4) is 5.75 Å². The molecule has 0 radical (unpaired) electrons. The van der Waals surface area contributed by atoms with Crippen molar-refractivity contribution in [2.75, 3.05) is 6.79 Å². The molecule has 0 heterocycles. The molecule has 1 aliphatic rings. The van der Waals surface area contributed by atoms with Gasteiger partial charge in [0, 0.05) is 6.08 Å². The Balaban J connectivity index is 1.83. The molecule has 102 valence electrons. The van der Waals surface area contributed by atoms with Crippen LogP contribution in [0.5, 0.6) is 5.75 Å². The van der Waals surface area contributed by atoms with E-state index in [0.717, 1.165) is 11.8 Å². The largest absolute Gasteiger partial charge is 0.457 e. The summed E-state index contributed by atoms with van der Waals surface area (Å²) in [6.45, 7) is 3.24. The standard InChI is InChI=1S/C16H20O3/c1-2-16(17)19-12-18-15-10-8-14(9-11-15)13-6-4-3-5-7-13/h2,8-11,13H,1,3-7,12H2. The van der Waals surface area contributed by atoms with Gasteiger partial charge in [0.25, 0.3) is 0 Å². The van der Waals surface area contributed by atoms with E-state index in [1.54, 1.807) is 0 Å². The third-order valence-corrected chi connectivity index (χ3v) is 3.55. The van der Waals surface area contributed by atoms with Gasteiger partial charge in [-0.1, -0.05) is 38.0 Å². The molecule has 2 rings (SSSR count). The smallest absolute Gasteiger partial charge is 0.333 e. The summed E-state index contributed by atoms with van der Waals surface area (Å²) in [5.74, 6) is 0.941. The zero-order valence-corrected chi connectivity index (χ0v) is 11.1. The summed E-state index contributed by atoms with van der Waals surface area (Å²) < 4.78 is 10.1. The molecule has 1 fully saturated rings. The SMILES string of the molecule is C=CC(=O)OCOc1ccc(C2CCCCC2)cc1. The zero-order valence-electron chi connectivity index (χ0n) is 11.1. The first-order chi connectivity index (χ1) is 9.29. The molecule has 0 unspecified atom stereocenters. The molecule has 0 amide bonds. The normalized spacial score (nSPS) is 15.8. The second-order valence-electron chi connectivity index (χ2n) is 4.83. The summed E-state index contributed by atoms with van der Waals surface area (Å²) in [5.41, 5.74) is 1.38. The summed E-state index contributed by atoms with van der Waals surface area (Å²) in [6, 6.07) is 8.10. The molecule has 3 heteroatoms. The highest BCUT2D eigenvalue weighted by molar-refractivity contribution is 5.81. The van der Waals surface area contributed by atoms with E-state index in [4.69, 9.17) is 9.47 Å². The number of hydrogen-bond donors (Lipinski definition) is 0. The predicted octanol–water partition coefficient (Wildman–Crippen LogP) is 3.80. The number of rotatable bonds is 5. The van der Waals surface area contributed by atoms with Gasteiger partial charge in [-0.2, -0.15) is 0 Å². The van der Waals surface area contributed by atoms with Crippen LogP contribution in [0.1, 0.15) is 43.6 Å². The second-order valence-corrected chi connectivity index (χ2v) is 4.83. The third-order valence-electron chi connectivity index (χ3n) is 3.55. The van der Waals surface area contributed by atoms with Crippen LogP contribution in [-0.2, 0) is 9.53 Å². The fourth-order valence-corrected chi connectivity index (χ4v) is 2.49. The van der Waals surface area contributed by atoms with Gasteiger partial charge >= 0.3 is 5.97 Å². The van der Waals surface area contributed by atoms with Crippen LogP contribution in [0, 0.1) is 0 Å². The number of esters is 1. The van der Waals surface area contributed by atoms with Gasteiger partial charge in [-0.3, -0.25) is 0 Å². The van der Waals surface area contributed by atoms with Crippen LogP contribution in [0.2, 0.25) is 0 Å². The average molecular weight is 260 g/mol. The summed E-state index contributed by atoms with van der Waals surface area (Å²) in [5, 5.41) is 0. The van der Waals surface area contributed by atoms with Crippen LogP contribution in [0.25, 0.3) is 0 Å². The van der Waals surface area contributed by atoms with Crippen LogP contribution in [-0.4, -0.2) is 12.8 Å². The van der Waals surface area contributed by atoms with E-state index < -0.39 is 5.97 Å². The number of carbonyl (C=O) groups is 1. The topological polar surface area (TPSA) is 35.5 Å². The summed E-state index contributed by atoms with van der Waals surface area (Å²) in [6.07, 6.45) is 7.73. The Labute approximate surface area is 114 Å². The molecule has 0 N–H and O–H groups in total. The van der Waals surface area contributed by atoms with E-state index in [2.05, 4.69) is 18.7 Å². The van der Waals surface area contributed by atoms with Gasteiger partial charge in [-0.25, -0.2) is 4.79 Å². The molecule has 0 spiro atoms. The van der Waals surface area contributed by atoms with E-state index in [-0.39, 0.29) is 6.79 Å². The lowest BCUT2D eigenvalue weighted by Gasteiger charge is -2.22. The van der Waals surface area contributed by atoms with E-state index in [0.29, 0.717) is 5.92 Å². The maximum atomic E-state index is 10.8. The van der Waals surface area contributed by atoms with Gasteiger partial charge in [0.1, 0.15) is 5.75 Å². The molecule has 1 aliphatic carbocycles. The van der Waals surface area contributed by atoms with Crippen molar-refractivity contribution in [2.24, 2.45) is 0 Å². The van der Waals surface area contributed by atoms with Crippen LogP contribution in [0.15, 0.2) is 36.9 Å². The molecular weight excluding hydrogens is 240 g/mol. The molecule has 0 atom stereocenters. The number of benzene rings is 1. The first-order valence-corrected chi connectivity index (χ1v) is 6.81. The molecular formula is C16H20O3. The lowest BCUT2D eigenvalue weighted by atomic mass is 9.84. The first kappa shape index (κ1) is 13.7. The first-order valence-electron chi connectivity index (χ1n) is 6.81. The summed E-state index contributed by atoms with van der Waals surface area (Å²) >= 11 is 0. The Morgan fingerprint density at radius 1 is 1.21 bits per heavy atom. The Morgan fingerprint density at radius 2 is 1.89 bits per heavy atom. The highest BCUT2D eigenvalue weighted by Crippen LogP contribution is 2.33.